The number of benzene rings is 1. The molecule has 0 fully saturated rings. The van der Waals surface area contributed by atoms with Crippen molar-refractivity contribution in [2.45, 2.75) is 0 Å². The van der Waals surface area contributed by atoms with Crippen LogP contribution in [0.5, 0.6) is 0 Å². The minimum atomic E-state index is -0.459. The molecule has 1 heterocycles. The van der Waals surface area contributed by atoms with E-state index < -0.39 is 5.91 Å². The Bertz CT molecular complexity index is 710. The van der Waals surface area contributed by atoms with Gasteiger partial charge < -0.3 is 5.32 Å². The van der Waals surface area contributed by atoms with Gasteiger partial charge in [-0.15, -0.1) is 0 Å². The van der Waals surface area contributed by atoms with Gasteiger partial charge in [-0.3, -0.25) is 4.79 Å². The molecule has 0 spiro atoms. The zero-order valence-corrected chi connectivity index (χ0v) is 9.79. The van der Waals surface area contributed by atoms with Gasteiger partial charge in [0.1, 0.15) is 23.5 Å². The van der Waals surface area contributed by atoms with Gasteiger partial charge in [-0.05, 0) is 24.3 Å². The Kier molecular flexibility index (Phi) is 3.51. The highest BCUT2D eigenvalue weighted by atomic mass is 16.1. The van der Waals surface area contributed by atoms with E-state index in [0.717, 1.165) is 0 Å². The Hall–Kier alpha value is -3.18. The first-order chi connectivity index (χ1) is 9.24. The van der Waals surface area contributed by atoms with Crippen LogP contribution in [0.4, 0.5) is 5.69 Å². The monoisotopic (exact) mass is 248 g/mol. The first-order valence-corrected chi connectivity index (χ1v) is 5.42. The molecule has 5 nitrogen and oxygen atoms in total. The summed E-state index contributed by atoms with van der Waals surface area (Å²) < 4.78 is 0. The largest absolute Gasteiger partial charge is 0.319 e. The lowest BCUT2D eigenvalue weighted by Crippen LogP contribution is -2.14. The molecule has 19 heavy (non-hydrogen) atoms. The van der Waals surface area contributed by atoms with E-state index in [1.807, 2.05) is 12.1 Å². The normalized spacial score (nSPS) is 9.16. The number of aromatic nitrogens is 1. The average molecular weight is 248 g/mol. The number of amides is 1. The highest BCUT2D eigenvalue weighted by Crippen LogP contribution is 2.14. The lowest BCUT2D eigenvalue weighted by Gasteiger charge is -2.06. The summed E-state index contributed by atoms with van der Waals surface area (Å²) >= 11 is 0. The van der Waals surface area contributed by atoms with Crippen LogP contribution < -0.4 is 5.32 Å². The van der Waals surface area contributed by atoms with E-state index in [9.17, 15) is 4.79 Å². The lowest BCUT2D eigenvalue weighted by molar-refractivity contribution is 0.102. The number of hydrogen-bond donors (Lipinski definition) is 1. The van der Waals surface area contributed by atoms with Gasteiger partial charge in [-0.1, -0.05) is 18.2 Å². The molecule has 0 saturated carbocycles. The molecule has 0 radical (unpaired) electrons. The third-order valence-electron chi connectivity index (χ3n) is 2.39. The lowest BCUT2D eigenvalue weighted by atomic mass is 10.2. The molecule has 0 aliphatic heterocycles. The Morgan fingerprint density at radius 2 is 1.84 bits per heavy atom. The van der Waals surface area contributed by atoms with Crippen molar-refractivity contribution in [2.75, 3.05) is 5.32 Å². The summed E-state index contributed by atoms with van der Waals surface area (Å²) in [6, 6.07) is 15.1. The third kappa shape index (κ3) is 2.74. The van der Waals surface area contributed by atoms with E-state index in [-0.39, 0.29) is 11.4 Å². The zero-order valence-electron chi connectivity index (χ0n) is 9.79. The number of pyridine rings is 1. The van der Waals surface area contributed by atoms with Crippen molar-refractivity contribution < 1.29 is 4.79 Å². The number of anilines is 1. The van der Waals surface area contributed by atoms with E-state index in [0.29, 0.717) is 11.3 Å². The van der Waals surface area contributed by atoms with E-state index in [1.54, 1.807) is 30.3 Å². The number of nitrogens with zero attached hydrogens (tertiary/aromatic N) is 3. The summed E-state index contributed by atoms with van der Waals surface area (Å²) in [6.45, 7) is 0. The number of rotatable bonds is 2. The minimum Gasteiger partial charge on any atom is -0.319 e. The van der Waals surface area contributed by atoms with Crippen LogP contribution in [-0.4, -0.2) is 10.9 Å². The molecule has 1 aromatic heterocycles. The fourth-order valence-electron chi connectivity index (χ4n) is 1.50. The van der Waals surface area contributed by atoms with Crippen molar-refractivity contribution in [3.8, 4) is 12.1 Å². The molecule has 2 rings (SSSR count). The molecule has 0 unspecified atom stereocenters. The maximum absolute atomic E-state index is 12.0. The summed E-state index contributed by atoms with van der Waals surface area (Å²) in [6.07, 6.45) is 0. The van der Waals surface area contributed by atoms with E-state index in [2.05, 4.69) is 10.3 Å². The predicted molar refractivity (Wildman–Crippen MR) is 68.1 cm³/mol. The summed E-state index contributed by atoms with van der Waals surface area (Å²) in [5, 5.41) is 20.2. The Morgan fingerprint density at radius 3 is 2.58 bits per heavy atom. The molecule has 1 aromatic carbocycles. The molecular weight excluding hydrogens is 240 g/mol. The zero-order chi connectivity index (χ0) is 13.7. The Labute approximate surface area is 109 Å². The molecule has 2 aromatic rings. The molecule has 90 valence electrons. The minimum absolute atomic E-state index is 0.131. The molecule has 0 bridgehead atoms. The maximum atomic E-state index is 12.0. The van der Waals surface area contributed by atoms with Crippen LogP contribution in [0.2, 0.25) is 0 Å². The van der Waals surface area contributed by atoms with Gasteiger partial charge >= 0.3 is 0 Å². The Balaban J connectivity index is 2.27. The molecule has 0 aliphatic carbocycles. The van der Waals surface area contributed by atoms with Gasteiger partial charge in [0.2, 0.25) is 0 Å². The van der Waals surface area contributed by atoms with Crippen LogP contribution in [0.3, 0.4) is 0 Å². The molecule has 0 saturated heterocycles. The third-order valence-corrected chi connectivity index (χ3v) is 2.39. The second kappa shape index (κ2) is 5.44. The highest BCUT2D eigenvalue weighted by molar-refractivity contribution is 6.03. The average Bonchev–Trinajstić information content (AvgIpc) is 2.47. The summed E-state index contributed by atoms with van der Waals surface area (Å²) in [5.41, 5.74) is 1.08. The quantitative estimate of drug-likeness (QED) is 0.880. The van der Waals surface area contributed by atoms with Crippen molar-refractivity contribution >= 4 is 11.6 Å². The van der Waals surface area contributed by atoms with Gasteiger partial charge in [0, 0.05) is 0 Å². The first kappa shape index (κ1) is 12.3. The number of carbonyl (C=O) groups is 1. The van der Waals surface area contributed by atoms with Crippen LogP contribution >= 0.6 is 0 Å². The van der Waals surface area contributed by atoms with Gasteiger partial charge in [0.05, 0.1) is 11.3 Å². The summed E-state index contributed by atoms with van der Waals surface area (Å²) in [4.78, 5) is 15.8. The van der Waals surface area contributed by atoms with Crippen LogP contribution in [-0.2, 0) is 0 Å². The fourth-order valence-corrected chi connectivity index (χ4v) is 1.50. The van der Waals surface area contributed by atoms with Crippen LogP contribution in [0, 0.1) is 22.7 Å². The van der Waals surface area contributed by atoms with Gasteiger partial charge in [-0.25, -0.2) is 4.98 Å². The van der Waals surface area contributed by atoms with Crippen LogP contribution in [0.25, 0.3) is 0 Å². The SMILES string of the molecule is N#Cc1cccc(C(=O)Nc2ccccc2C#N)n1. The maximum Gasteiger partial charge on any atom is 0.274 e. The van der Waals surface area contributed by atoms with E-state index in [4.69, 9.17) is 10.5 Å². The van der Waals surface area contributed by atoms with Crippen LogP contribution in [0.1, 0.15) is 21.7 Å². The van der Waals surface area contributed by atoms with Crippen molar-refractivity contribution in [1.82, 2.24) is 4.98 Å². The smallest absolute Gasteiger partial charge is 0.274 e. The Morgan fingerprint density at radius 1 is 1.05 bits per heavy atom. The van der Waals surface area contributed by atoms with Crippen molar-refractivity contribution in [3.05, 3.63) is 59.4 Å². The highest BCUT2D eigenvalue weighted by Gasteiger charge is 2.10. The summed E-state index contributed by atoms with van der Waals surface area (Å²) in [5.74, 6) is -0.459. The molecular formula is C14H8N4O. The number of nitriles is 2. The van der Waals surface area contributed by atoms with Crippen molar-refractivity contribution in [2.24, 2.45) is 0 Å². The van der Waals surface area contributed by atoms with Gasteiger partial charge in [-0.2, -0.15) is 10.5 Å². The molecule has 1 N–H and O–H groups in total. The predicted octanol–water partition coefficient (Wildman–Crippen LogP) is 2.08. The van der Waals surface area contributed by atoms with E-state index in [1.165, 1.54) is 12.1 Å². The standard InChI is InChI=1S/C14H8N4O/c15-8-10-4-1-2-6-12(10)18-14(19)13-7-3-5-11(9-16)17-13/h1-7H,(H,18,19). The molecule has 0 aliphatic rings. The number of para-hydroxylation sites is 1. The number of hydrogen-bond acceptors (Lipinski definition) is 4. The molecule has 1 amide bonds. The van der Waals surface area contributed by atoms with Crippen LogP contribution in [0.15, 0.2) is 42.5 Å². The first-order valence-electron chi connectivity index (χ1n) is 5.42. The number of carbonyl (C=O) groups excluding carboxylic acids is 1. The van der Waals surface area contributed by atoms with E-state index >= 15 is 0 Å². The number of nitrogens with one attached hydrogen (secondary N) is 1. The van der Waals surface area contributed by atoms with Crippen molar-refractivity contribution in [3.63, 3.8) is 0 Å². The second-order valence-corrected chi connectivity index (χ2v) is 3.63. The van der Waals surface area contributed by atoms with Crippen molar-refractivity contribution in [1.29, 1.82) is 10.5 Å². The fraction of sp³-hybridized carbons (Fsp3) is 0. The van der Waals surface area contributed by atoms with Gasteiger partial charge in [0.25, 0.3) is 5.91 Å². The molecule has 0 atom stereocenters. The second-order valence-electron chi connectivity index (χ2n) is 3.63. The van der Waals surface area contributed by atoms with Gasteiger partial charge in [0.15, 0.2) is 0 Å². The summed E-state index contributed by atoms with van der Waals surface area (Å²) in [7, 11) is 0. The molecule has 5 heteroatoms. The topological polar surface area (TPSA) is 89.6 Å².